The standard InChI is InChI=1S/C12H18N2O/c1-9-4-5-13-12(6-9)15-11-7-10(8-11)14(2)3/h4-6,10-11H,7-8H2,1-3H3. The first-order valence-corrected chi connectivity index (χ1v) is 5.41. The summed E-state index contributed by atoms with van der Waals surface area (Å²) < 4.78 is 5.77. The van der Waals surface area contributed by atoms with Crippen molar-refractivity contribution in [3.05, 3.63) is 23.9 Å². The van der Waals surface area contributed by atoms with E-state index < -0.39 is 0 Å². The first kappa shape index (κ1) is 10.4. The lowest BCUT2D eigenvalue weighted by Gasteiger charge is -2.39. The Morgan fingerprint density at radius 1 is 1.40 bits per heavy atom. The van der Waals surface area contributed by atoms with E-state index in [0.717, 1.165) is 18.7 Å². The highest BCUT2D eigenvalue weighted by Crippen LogP contribution is 2.27. The molecule has 15 heavy (non-hydrogen) atoms. The van der Waals surface area contributed by atoms with E-state index >= 15 is 0 Å². The number of aryl methyl sites for hydroxylation is 1. The molecule has 0 aliphatic heterocycles. The van der Waals surface area contributed by atoms with Crippen molar-refractivity contribution in [1.82, 2.24) is 9.88 Å². The fourth-order valence-electron chi connectivity index (χ4n) is 1.80. The van der Waals surface area contributed by atoms with Crippen LogP contribution >= 0.6 is 0 Å². The zero-order valence-electron chi connectivity index (χ0n) is 9.60. The molecule has 0 saturated heterocycles. The molecule has 1 fully saturated rings. The molecule has 0 spiro atoms. The van der Waals surface area contributed by atoms with Gasteiger partial charge in [-0.15, -0.1) is 0 Å². The average Bonchev–Trinajstić information content (AvgIpc) is 2.10. The first-order chi connectivity index (χ1) is 7.15. The normalized spacial score (nSPS) is 25.1. The maximum absolute atomic E-state index is 5.77. The van der Waals surface area contributed by atoms with E-state index in [-0.39, 0.29) is 0 Å². The summed E-state index contributed by atoms with van der Waals surface area (Å²) in [4.78, 5) is 6.45. The molecule has 1 aromatic heterocycles. The minimum absolute atomic E-state index is 0.353. The molecule has 1 aliphatic rings. The second-order valence-corrected chi connectivity index (χ2v) is 4.50. The summed E-state index contributed by atoms with van der Waals surface area (Å²) >= 11 is 0. The van der Waals surface area contributed by atoms with E-state index in [2.05, 4.69) is 30.9 Å². The number of hydrogen-bond acceptors (Lipinski definition) is 3. The molecular weight excluding hydrogens is 188 g/mol. The lowest BCUT2D eigenvalue weighted by molar-refractivity contribution is 0.0370. The SMILES string of the molecule is Cc1ccnc(OC2CC(N(C)C)C2)c1. The third-order valence-corrected chi connectivity index (χ3v) is 2.98. The molecule has 2 rings (SSSR count). The molecule has 3 nitrogen and oxygen atoms in total. The molecule has 1 aliphatic carbocycles. The van der Waals surface area contributed by atoms with E-state index in [1.165, 1.54) is 5.56 Å². The monoisotopic (exact) mass is 206 g/mol. The van der Waals surface area contributed by atoms with Gasteiger partial charge >= 0.3 is 0 Å². The highest BCUT2D eigenvalue weighted by Gasteiger charge is 2.32. The Labute approximate surface area is 91.1 Å². The van der Waals surface area contributed by atoms with Crippen molar-refractivity contribution in [2.24, 2.45) is 0 Å². The van der Waals surface area contributed by atoms with Crippen molar-refractivity contribution < 1.29 is 4.74 Å². The lowest BCUT2D eigenvalue weighted by atomic mass is 9.88. The van der Waals surface area contributed by atoms with Crippen molar-refractivity contribution in [2.75, 3.05) is 14.1 Å². The van der Waals surface area contributed by atoms with Gasteiger partial charge in [0.15, 0.2) is 0 Å². The summed E-state index contributed by atoms with van der Waals surface area (Å²) in [7, 11) is 4.23. The first-order valence-electron chi connectivity index (χ1n) is 5.41. The van der Waals surface area contributed by atoms with Crippen LogP contribution in [-0.2, 0) is 0 Å². The van der Waals surface area contributed by atoms with Crippen LogP contribution in [-0.4, -0.2) is 36.1 Å². The van der Waals surface area contributed by atoms with Gasteiger partial charge in [0.2, 0.25) is 5.88 Å². The van der Waals surface area contributed by atoms with Crippen molar-refractivity contribution in [3.63, 3.8) is 0 Å². The molecule has 1 aromatic rings. The van der Waals surface area contributed by atoms with Crippen LogP contribution in [0.15, 0.2) is 18.3 Å². The largest absolute Gasteiger partial charge is 0.474 e. The fraction of sp³-hybridized carbons (Fsp3) is 0.583. The van der Waals surface area contributed by atoms with Crippen LogP contribution in [0.1, 0.15) is 18.4 Å². The van der Waals surface area contributed by atoms with Gasteiger partial charge in [-0.2, -0.15) is 0 Å². The summed E-state index contributed by atoms with van der Waals surface area (Å²) in [6.07, 6.45) is 4.38. The zero-order valence-corrected chi connectivity index (χ0v) is 9.60. The molecule has 0 aromatic carbocycles. The second-order valence-electron chi connectivity index (χ2n) is 4.50. The number of rotatable bonds is 3. The Bertz CT molecular complexity index is 332. The maximum Gasteiger partial charge on any atom is 0.213 e. The van der Waals surface area contributed by atoms with Gasteiger partial charge in [0.25, 0.3) is 0 Å². The summed E-state index contributed by atoms with van der Waals surface area (Å²) in [5.41, 5.74) is 1.20. The van der Waals surface area contributed by atoms with Gasteiger partial charge in [0, 0.05) is 31.1 Å². The van der Waals surface area contributed by atoms with Gasteiger partial charge in [-0.1, -0.05) is 0 Å². The minimum Gasteiger partial charge on any atom is -0.474 e. The second kappa shape index (κ2) is 4.19. The molecule has 0 N–H and O–H groups in total. The predicted molar refractivity (Wildman–Crippen MR) is 60.1 cm³/mol. The van der Waals surface area contributed by atoms with Crippen LogP contribution in [0.4, 0.5) is 0 Å². The number of pyridine rings is 1. The molecule has 1 saturated carbocycles. The third kappa shape index (κ3) is 2.48. The van der Waals surface area contributed by atoms with Gasteiger partial charge < -0.3 is 9.64 Å². The Kier molecular flexibility index (Phi) is 2.91. The van der Waals surface area contributed by atoms with Gasteiger partial charge in [0.05, 0.1) is 0 Å². The van der Waals surface area contributed by atoms with Gasteiger partial charge in [-0.05, 0) is 32.6 Å². The molecule has 3 heteroatoms. The fourth-order valence-corrected chi connectivity index (χ4v) is 1.80. The molecule has 0 atom stereocenters. The van der Waals surface area contributed by atoms with Crippen LogP contribution in [0.5, 0.6) is 5.88 Å². The van der Waals surface area contributed by atoms with Crippen molar-refractivity contribution >= 4 is 0 Å². The molecule has 1 heterocycles. The molecule has 0 radical (unpaired) electrons. The number of aromatic nitrogens is 1. The van der Waals surface area contributed by atoms with Crippen LogP contribution in [0.2, 0.25) is 0 Å². The average molecular weight is 206 g/mol. The maximum atomic E-state index is 5.77. The van der Waals surface area contributed by atoms with Gasteiger partial charge in [0.1, 0.15) is 6.10 Å². The summed E-state index contributed by atoms with van der Waals surface area (Å²) in [5.74, 6) is 0.761. The van der Waals surface area contributed by atoms with E-state index in [0.29, 0.717) is 12.1 Å². The molecule has 0 amide bonds. The Balaban J connectivity index is 1.85. The Morgan fingerprint density at radius 2 is 2.13 bits per heavy atom. The number of hydrogen-bond donors (Lipinski definition) is 0. The van der Waals surface area contributed by atoms with E-state index in [1.54, 1.807) is 6.20 Å². The predicted octanol–water partition coefficient (Wildman–Crippen LogP) is 1.86. The minimum atomic E-state index is 0.353. The topological polar surface area (TPSA) is 25.4 Å². The van der Waals surface area contributed by atoms with Crippen LogP contribution < -0.4 is 4.74 Å². The molecular formula is C12H18N2O. The van der Waals surface area contributed by atoms with Crippen molar-refractivity contribution in [3.8, 4) is 5.88 Å². The van der Waals surface area contributed by atoms with Crippen LogP contribution in [0, 0.1) is 6.92 Å². The molecule has 82 valence electrons. The summed E-state index contributed by atoms with van der Waals surface area (Å²) in [5, 5.41) is 0. The molecule has 0 bridgehead atoms. The highest BCUT2D eigenvalue weighted by molar-refractivity contribution is 5.19. The van der Waals surface area contributed by atoms with Gasteiger partial charge in [-0.25, -0.2) is 4.98 Å². The zero-order chi connectivity index (χ0) is 10.8. The van der Waals surface area contributed by atoms with E-state index in [4.69, 9.17) is 4.74 Å². The van der Waals surface area contributed by atoms with Crippen LogP contribution in [0.25, 0.3) is 0 Å². The van der Waals surface area contributed by atoms with E-state index in [1.807, 2.05) is 12.1 Å². The quantitative estimate of drug-likeness (QED) is 0.755. The Hall–Kier alpha value is -1.09. The van der Waals surface area contributed by atoms with Crippen molar-refractivity contribution in [2.45, 2.75) is 31.9 Å². The third-order valence-electron chi connectivity index (χ3n) is 2.98. The number of ether oxygens (including phenoxy) is 1. The molecule has 0 unspecified atom stereocenters. The number of nitrogens with zero attached hydrogens (tertiary/aromatic N) is 2. The van der Waals surface area contributed by atoms with Crippen molar-refractivity contribution in [1.29, 1.82) is 0 Å². The smallest absolute Gasteiger partial charge is 0.213 e. The Morgan fingerprint density at radius 3 is 2.73 bits per heavy atom. The summed E-state index contributed by atoms with van der Waals surface area (Å²) in [6.45, 7) is 2.05. The summed E-state index contributed by atoms with van der Waals surface area (Å²) in [6, 6.07) is 4.65. The highest BCUT2D eigenvalue weighted by atomic mass is 16.5. The lowest BCUT2D eigenvalue weighted by Crippen LogP contribution is -2.46. The van der Waals surface area contributed by atoms with E-state index in [9.17, 15) is 0 Å². The van der Waals surface area contributed by atoms with Crippen LogP contribution in [0.3, 0.4) is 0 Å². The van der Waals surface area contributed by atoms with Gasteiger partial charge in [-0.3, -0.25) is 0 Å².